The number of hydrogen-bond acceptors (Lipinski definition) is 4. The van der Waals surface area contributed by atoms with Crippen molar-refractivity contribution in [1.82, 2.24) is 15.5 Å². The van der Waals surface area contributed by atoms with Crippen LogP contribution in [-0.4, -0.2) is 47.0 Å². The van der Waals surface area contributed by atoms with Crippen molar-refractivity contribution in [3.05, 3.63) is 35.4 Å². The van der Waals surface area contributed by atoms with Crippen LogP contribution in [0.4, 0.5) is 4.79 Å². The molecule has 1 saturated carbocycles. The van der Waals surface area contributed by atoms with E-state index < -0.39 is 17.7 Å². The zero-order valence-electron chi connectivity index (χ0n) is 20.4. The quantitative estimate of drug-likeness (QED) is 0.553. The molecule has 0 radical (unpaired) electrons. The molecule has 1 aromatic rings. The number of benzene rings is 1. The first kappa shape index (κ1) is 26.2. The van der Waals surface area contributed by atoms with Crippen LogP contribution in [-0.2, 0) is 14.3 Å². The molecular weight excluding hydrogens is 418 g/mol. The monoisotopic (exact) mass is 455 g/mol. The fourth-order valence-corrected chi connectivity index (χ4v) is 3.89. The average Bonchev–Trinajstić information content (AvgIpc) is 2.69. The van der Waals surface area contributed by atoms with Gasteiger partial charge in [-0.15, -0.1) is 6.42 Å². The first-order valence-corrected chi connectivity index (χ1v) is 11.7. The Morgan fingerprint density at radius 3 is 2.45 bits per heavy atom. The van der Waals surface area contributed by atoms with E-state index in [1.165, 1.54) is 0 Å². The minimum Gasteiger partial charge on any atom is -0.444 e. The molecule has 0 bridgehead atoms. The Morgan fingerprint density at radius 2 is 1.91 bits per heavy atom. The molecule has 0 heterocycles. The summed E-state index contributed by atoms with van der Waals surface area (Å²) in [5, 5.41) is 5.58. The fraction of sp³-hybridized carbons (Fsp3) is 0.577. The summed E-state index contributed by atoms with van der Waals surface area (Å²) in [5.41, 5.74) is 0.501. The Kier molecular flexibility index (Phi) is 9.33. The van der Waals surface area contributed by atoms with Crippen LogP contribution in [0.2, 0.25) is 0 Å². The second-order valence-electron chi connectivity index (χ2n) is 9.57. The molecule has 2 unspecified atom stereocenters. The lowest BCUT2D eigenvalue weighted by Crippen LogP contribution is -2.54. The third kappa shape index (κ3) is 7.52. The number of hydrogen-bond donors (Lipinski definition) is 2. The Hall–Kier alpha value is -3.01. The minimum atomic E-state index is -0.880. The SMILES string of the molecule is C#Cc1ccccc1C(C(=O)NC(C)CCC)N(C(=O)CNC(=O)OC(C)(C)C)C1CCC1. The van der Waals surface area contributed by atoms with Crippen LogP contribution in [0.5, 0.6) is 0 Å². The zero-order valence-corrected chi connectivity index (χ0v) is 20.4. The van der Waals surface area contributed by atoms with Gasteiger partial charge in [0.2, 0.25) is 11.8 Å². The lowest BCUT2D eigenvalue weighted by atomic mass is 9.87. The van der Waals surface area contributed by atoms with Crippen LogP contribution < -0.4 is 10.6 Å². The molecule has 3 amide bonds. The van der Waals surface area contributed by atoms with Crippen LogP contribution in [0.1, 0.15) is 83.9 Å². The molecule has 0 spiro atoms. The van der Waals surface area contributed by atoms with Crippen molar-refractivity contribution in [3.63, 3.8) is 0 Å². The van der Waals surface area contributed by atoms with Gasteiger partial charge in [0.1, 0.15) is 18.2 Å². The van der Waals surface area contributed by atoms with Crippen molar-refractivity contribution in [2.24, 2.45) is 0 Å². The van der Waals surface area contributed by atoms with Crippen molar-refractivity contribution in [1.29, 1.82) is 0 Å². The number of ether oxygens (including phenoxy) is 1. The highest BCUT2D eigenvalue weighted by Crippen LogP contribution is 2.34. The summed E-state index contributed by atoms with van der Waals surface area (Å²) >= 11 is 0. The van der Waals surface area contributed by atoms with Gasteiger partial charge in [-0.05, 0) is 65.0 Å². The lowest BCUT2D eigenvalue weighted by Gasteiger charge is -2.42. The van der Waals surface area contributed by atoms with Crippen molar-refractivity contribution in [3.8, 4) is 12.3 Å². The van der Waals surface area contributed by atoms with Crippen LogP contribution in [0.3, 0.4) is 0 Å². The van der Waals surface area contributed by atoms with Crippen molar-refractivity contribution < 1.29 is 19.1 Å². The van der Waals surface area contributed by atoms with E-state index in [-0.39, 0.29) is 30.4 Å². The summed E-state index contributed by atoms with van der Waals surface area (Å²) in [6.45, 7) is 9.00. The van der Waals surface area contributed by atoms with Gasteiger partial charge in [0.05, 0.1) is 0 Å². The van der Waals surface area contributed by atoms with Crippen molar-refractivity contribution in [2.75, 3.05) is 6.54 Å². The summed E-state index contributed by atoms with van der Waals surface area (Å²) in [4.78, 5) is 40.7. The molecule has 180 valence electrons. The molecule has 1 fully saturated rings. The van der Waals surface area contributed by atoms with Gasteiger partial charge in [0.25, 0.3) is 0 Å². The predicted octanol–water partition coefficient (Wildman–Crippen LogP) is 3.92. The van der Waals surface area contributed by atoms with E-state index in [0.717, 1.165) is 32.1 Å². The van der Waals surface area contributed by atoms with Gasteiger partial charge in [0.15, 0.2) is 0 Å². The van der Waals surface area contributed by atoms with E-state index in [1.807, 2.05) is 19.1 Å². The van der Waals surface area contributed by atoms with Crippen molar-refractivity contribution >= 4 is 17.9 Å². The van der Waals surface area contributed by atoms with Gasteiger partial charge < -0.3 is 20.3 Å². The Balaban J connectivity index is 2.36. The second-order valence-corrected chi connectivity index (χ2v) is 9.57. The molecule has 7 nitrogen and oxygen atoms in total. The molecule has 33 heavy (non-hydrogen) atoms. The van der Waals surface area contributed by atoms with Gasteiger partial charge in [-0.1, -0.05) is 37.5 Å². The number of terminal acetylenes is 1. The van der Waals surface area contributed by atoms with Crippen LogP contribution in [0, 0.1) is 12.3 Å². The summed E-state index contributed by atoms with van der Waals surface area (Å²) in [5.74, 6) is 2.03. The number of amides is 3. The molecule has 1 aromatic carbocycles. The molecule has 7 heteroatoms. The first-order chi connectivity index (χ1) is 15.6. The van der Waals surface area contributed by atoms with Gasteiger partial charge in [0, 0.05) is 17.6 Å². The molecule has 1 aliphatic carbocycles. The van der Waals surface area contributed by atoms with Crippen LogP contribution in [0.25, 0.3) is 0 Å². The van der Waals surface area contributed by atoms with Crippen LogP contribution >= 0.6 is 0 Å². The fourth-order valence-electron chi connectivity index (χ4n) is 3.89. The Labute approximate surface area is 197 Å². The average molecular weight is 456 g/mol. The Morgan fingerprint density at radius 1 is 1.24 bits per heavy atom. The smallest absolute Gasteiger partial charge is 0.408 e. The molecule has 0 aliphatic heterocycles. The largest absolute Gasteiger partial charge is 0.444 e. The summed E-state index contributed by atoms with van der Waals surface area (Å²) in [7, 11) is 0. The molecule has 1 aliphatic rings. The highest BCUT2D eigenvalue weighted by atomic mass is 16.6. The molecule has 2 atom stereocenters. The summed E-state index contributed by atoms with van der Waals surface area (Å²) in [6, 6.07) is 6.18. The standard InChI is InChI=1S/C26H37N3O4/c1-7-12-18(3)28-24(31)23(21-16-10-9-13-19(21)8-2)29(20-14-11-15-20)22(30)17-27-25(32)33-26(4,5)6/h2,9-10,13,16,18,20,23H,7,11-12,14-15,17H2,1,3-6H3,(H,27,32)(H,28,31). The maximum Gasteiger partial charge on any atom is 0.408 e. The number of carbonyl (C=O) groups is 3. The van der Waals surface area contributed by atoms with E-state index in [2.05, 4.69) is 23.5 Å². The normalized spacial score (nSPS) is 15.4. The second kappa shape index (κ2) is 11.7. The maximum atomic E-state index is 13.5. The summed E-state index contributed by atoms with van der Waals surface area (Å²) in [6.07, 6.45) is 9.38. The molecule has 0 saturated heterocycles. The number of nitrogens with one attached hydrogen (secondary N) is 2. The topological polar surface area (TPSA) is 87.7 Å². The Bertz CT molecular complexity index is 880. The third-order valence-electron chi connectivity index (χ3n) is 5.59. The molecule has 2 rings (SSSR count). The zero-order chi connectivity index (χ0) is 24.6. The number of rotatable bonds is 9. The van der Waals surface area contributed by atoms with E-state index in [0.29, 0.717) is 11.1 Å². The number of nitrogens with zero attached hydrogens (tertiary/aromatic N) is 1. The maximum absolute atomic E-state index is 13.5. The van der Waals surface area contributed by atoms with E-state index in [4.69, 9.17) is 11.2 Å². The minimum absolute atomic E-state index is 0.0405. The molecular formula is C26H37N3O4. The number of carbonyl (C=O) groups excluding carboxylic acids is 3. The van der Waals surface area contributed by atoms with Gasteiger partial charge in [-0.2, -0.15) is 0 Å². The molecule has 0 aromatic heterocycles. The van der Waals surface area contributed by atoms with Crippen LogP contribution in [0.15, 0.2) is 24.3 Å². The van der Waals surface area contributed by atoms with Gasteiger partial charge in [-0.25, -0.2) is 4.79 Å². The predicted molar refractivity (Wildman–Crippen MR) is 128 cm³/mol. The van der Waals surface area contributed by atoms with Gasteiger partial charge >= 0.3 is 6.09 Å². The van der Waals surface area contributed by atoms with E-state index >= 15 is 0 Å². The van der Waals surface area contributed by atoms with Crippen molar-refractivity contribution in [2.45, 2.75) is 90.4 Å². The first-order valence-electron chi connectivity index (χ1n) is 11.7. The highest BCUT2D eigenvalue weighted by Gasteiger charge is 2.40. The lowest BCUT2D eigenvalue weighted by molar-refractivity contribution is -0.145. The molecule has 2 N–H and O–H groups in total. The number of alkyl carbamates (subject to hydrolysis) is 1. The van der Waals surface area contributed by atoms with Gasteiger partial charge in [-0.3, -0.25) is 9.59 Å². The highest BCUT2D eigenvalue weighted by molar-refractivity contribution is 5.91. The van der Waals surface area contributed by atoms with E-state index in [1.54, 1.807) is 37.8 Å². The summed E-state index contributed by atoms with van der Waals surface area (Å²) < 4.78 is 5.25. The van der Waals surface area contributed by atoms with E-state index in [9.17, 15) is 14.4 Å². The third-order valence-corrected chi connectivity index (χ3v) is 5.59.